The molecule has 0 bridgehead atoms. The Balaban J connectivity index is 2.71. The highest BCUT2D eigenvalue weighted by atomic mass is 19.4. The van der Waals surface area contributed by atoms with Crippen LogP contribution in [0.2, 0.25) is 0 Å². The van der Waals surface area contributed by atoms with Gasteiger partial charge in [0.15, 0.2) is 0 Å². The Morgan fingerprint density at radius 1 is 1.41 bits per heavy atom. The highest BCUT2D eigenvalue weighted by Crippen LogP contribution is 2.40. The van der Waals surface area contributed by atoms with Crippen molar-refractivity contribution in [2.24, 2.45) is 0 Å². The number of esters is 1. The molecular weight excluding hydrogens is 237 g/mol. The summed E-state index contributed by atoms with van der Waals surface area (Å²) in [6.45, 7) is 1.69. The van der Waals surface area contributed by atoms with Crippen LogP contribution in [0.25, 0.3) is 0 Å². The van der Waals surface area contributed by atoms with Crippen LogP contribution >= 0.6 is 0 Å². The van der Waals surface area contributed by atoms with E-state index in [9.17, 15) is 23.1 Å². The Bertz CT molecular complexity index is 480. The highest BCUT2D eigenvalue weighted by molar-refractivity contribution is 5.95. The first-order valence-corrected chi connectivity index (χ1v) is 4.97. The fraction of sp³-hybridized carbons (Fsp3) is 0.364. The minimum atomic E-state index is -4.64. The number of benzene rings is 1. The molecule has 0 aliphatic carbocycles. The third-order valence-corrected chi connectivity index (χ3v) is 2.63. The van der Waals surface area contributed by atoms with E-state index in [1.165, 1.54) is 6.07 Å². The van der Waals surface area contributed by atoms with E-state index in [0.29, 0.717) is 12.0 Å². The largest absolute Gasteiger partial charge is 0.428 e. The maximum atomic E-state index is 12.8. The van der Waals surface area contributed by atoms with Crippen LogP contribution in [0, 0.1) is 0 Å². The first-order chi connectivity index (χ1) is 7.84. The van der Waals surface area contributed by atoms with Gasteiger partial charge in [-0.15, -0.1) is 0 Å². The van der Waals surface area contributed by atoms with E-state index in [0.717, 1.165) is 6.07 Å². The Hall–Kier alpha value is -1.56. The maximum Gasteiger partial charge on any atom is 0.417 e. The molecule has 2 rings (SSSR count). The van der Waals surface area contributed by atoms with Crippen molar-refractivity contribution in [1.29, 1.82) is 0 Å². The Morgan fingerprint density at radius 3 is 2.59 bits per heavy atom. The van der Waals surface area contributed by atoms with Crippen molar-refractivity contribution in [3.8, 4) is 0 Å². The first-order valence-electron chi connectivity index (χ1n) is 4.97. The lowest BCUT2D eigenvalue weighted by atomic mass is 9.97. The van der Waals surface area contributed by atoms with Crippen LogP contribution in [0.15, 0.2) is 12.1 Å². The number of hydrogen-bond donors (Lipinski definition) is 1. The van der Waals surface area contributed by atoms with Crippen LogP contribution in [-0.4, -0.2) is 11.1 Å². The predicted molar refractivity (Wildman–Crippen MR) is 51.2 cm³/mol. The average molecular weight is 246 g/mol. The summed E-state index contributed by atoms with van der Waals surface area (Å²) in [5.41, 5.74) is -1.34. The number of aliphatic hydroxyl groups is 1. The summed E-state index contributed by atoms with van der Waals surface area (Å²) < 4.78 is 42.7. The standard InChI is InChI=1S/C11H9F3O3/c1-2-5-3-6-8(10(16)17-9(6)15)7(4-5)11(12,13)14/h3-4,9,15H,2H2,1H3. The van der Waals surface area contributed by atoms with E-state index in [4.69, 9.17) is 0 Å². The van der Waals surface area contributed by atoms with Crippen LogP contribution in [-0.2, 0) is 17.3 Å². The van der Waals surface area contributed by atoms with E-state index in [1.807, 2.05) is 0 Å². The summed E-state index contributed by atoms with van der Waals surface area (Å²) in [4.78, 5) is 11.3. The van der Waals surface area contributed by atoms with Gasteiger partial charge >= 0.3 is 12.1 Å². The molecular formula is C11H9F3O3. The summed E-state index contributed by atoms with van der Waals surface area (Å²) in [5, 5.41) is 9.35. The van der Waals surface area contributed by atoms with Gasteiger partial charge in [-0.1, -0.05) is 6.92 Å². The average Bonchev–Trinajstić information content (AvgIpc) is 2.52. The number of halogens is 3. The molecule has 1 heterocycles. The number of rotatable bonds is 1. The number of carbonyl (C=O) groups is 1. The van der Waals surface area contributed by atoms with Gasteiger partial charge in [0.25, 0.3) is 0 Å². The number of hydrogen-bond acceptors (Lipinski definition) is 3. The third-order valence-electron chi connectivity index (χ3n) is 2.63. The molecule has 0 saturated heterocycles. The fourth-order valence-corrected chi connectivity index (χ4v) is 1.80. The maximum absolute atomic E-state index is 12.8. The van der Waals surface area contributed by atoms with Crippen LogP contribution in [0.4, 0.5) is 13.2 Å². The Labute approximate surface area is 94.8 Å². The molecule has 3 nitrogen and oxygen atoms in total. The second-order valence-electron chi connectivity index (χ2n) is 3.72. The van der Waals surface area contributed by atoms with E-state index < -0.39 is 29.6 Å². The van der Waals surface area contributed by atoms with Crippen LogP contribution in [0.1, 0.15) is 40.3 Å². The molecule has 1 aliphatic heterocycles. The number of cyclic esters (lactones) is 1. The number of fused-ring (bicyclic) bond motifs is 1. The molecule has 92 valence electrons. The van der Waals surface area contributed by atoms with Crippen LogP contribution < -0.4 is 0 Å². The quantitative estimate of drug-likeness (QED) is 0.774. The van der Waals surface area contributed by atoms with Gasteiger partial charge in [-0.25, -0.2) is 4.79 Å². The summed E-state index contributed by atoms with van der Waals surface area (Å²) in [6.07, 6.45) is -5.87. The molecule has 1 aliphatic rings. The number of alkyl halides is 3. The number of aliphatic hydroxyl groups excluding tert-OH is 1. The highest BCUT2D eigenvalue weighted by Gasteiger charge is 2.42. The van der Waals surface area contributed by atoms with Gasteiger partial charge in [0, 0.05) is 5.56 Å². The van der Waals surface area contributed by atoms with E-state index in [1.54, 1.807) is 6.92 Å². The minimum Gasteiger partial charge on any atom is -0.428 e. The van der Waals surface area contributed by atoms with Gasteiger partial charge in [-0.05, 0) is 24.1 Å². The van der Waals surface area contributed by atoms with Gasteiger partial charge in [-0.3, -0.25) is 0 Å². The molecule has 1 N–H and O–H groups in total. The van der Waals surface area contributed by atoms with E-state index in [-0.39, 0.29) is 5.56 Å². The molecule has 0 radical (unpaired) electrons. The van der Waals surface area contributed by atoms with Crippen molar-refractivity contribution in [2.45, 2.75) is 25.8 Å². The van der Waals surface area contributed by atoms with Crippen LogP contribution in [0.3, 0.4) is 0 Å². The van der Waals surface area contributed by atoms with Crippen LogP contribution in [0.5, 0.6) is 0 Å². The van der Waals surface area contributed by atoms with Crippen molar-refractivity contribution in [2.75, 3.05) is 0 Å². The van der Waals surface area contributed by atoms with Crippen molar-refractivity contribution in [1.82, 2.24) is 0 Å². The summed E-state index contributed by atoms with van der Waals surface area (Å²) in [5.74, 6) is -1.14. The zero-order valence-corrected chi connectivity index (χ0v) is 8.84. The molecule has 1 unspecified atom stereocenters. The van der Waals surface area contributed by atoms with Gasteiger partial charge in [-0.2, -0.15) is 13.2 Å². The molecule has 0 fully saturated rings. The third kappa shape index (κ3) is 1.88. The molecule has 1 aromatic rings. The topological polar surface area (TPSA) is 46.5 Å². The molecule has 6 heteroatoms. The lowest BCUT2D eigenvalue weighted by Crippen LogP contribution is -2.12. The molecule has 0 spiro atoms. The van der Waals surface area contributed by atoms with Gasteiger partial charge < -0.3 is 9.84 Å². The predicted octanol–water partition coefficient (Wildman–Crippen LogP) is 2.43. The van der Waals surface area contributed by atoms with Gasteiger partial charge in [0.1, 0.15) is 0 Å². The van der Waals surface area contributed by atoms with E-state index in [2.05, 4.69) is 4.74 Å². The zero-order chi connectivity index (χ0) is 12.8. The lowest BCUT2D eigenvalue weighted by molar-refractivity contribution is -0.138. The first kappa shape index (κ1) is 11.9. The monoisotopic (exact) mass is 246 g/mol. The van der Waals surface area contributed by atoms with Gasteiger partial charge in [0.05, 0.1) is 11.1 Å². The molecule has 1 aromatic carbocycles. The normalized spacial score (nSPS) is 19.1. The Kier molecular flexibility index (Phi) is 2.61. The SMILES string of the molecule is CCc1cc2c(c(C(F)(F)F)c1)C(=O)OC2O. The molecule has 0 amide bonds. The van der Waals surface area contributed by atoms with E-state index >= 15 is 0 Å². The second kappa shape index (κ2) is 3.73. The molecule has 0 saturated carbocycles. The van der Waals surface area contributed by atoms with Crippen molar-refractivity contribution in [3.63, 3.8) is 0 Å². The number of ether oxygens (including phenoxy) is 1. The number of aryl methyl sites for hydroxylation is 1. The Morgan fingerprint density at radius 2 is 2.06 bits per heavy atom. The molecule has 17 heavy (non-hydrogen) atoms. The molecule has 0 aromatic heterocycles. The minimum absolute atomic E-state index is 0.110. The van der Waals surface area contributed by atoms with Crippen molar-refractivity contribution in [3.05, 3.63) is 34.4 Å². The second-order valence-corrected chi connectivity index (χ2v) is 3.72. The zero-order valence-electron chi connectivity index (χ0n) is 8.84. The summed E-state index contributed by atoms with van der Waals surface area (Å²) in [6, 6.07) is 2.28. The van der Waals surface area contributed by atoms with Gasteiger partial charge in [0.2, 0.25) is 6.29 Å². The molecule has 1 atom stereocenters. The fourth-order valence-electron chi connectivity index (χ4n) is 1.80. The lowest BCUT2D eigenvalue weighted by Gasteiger charge is -2.12. The number of carbonyl (C=O) groups excluding carboxylic acids is 1. The van der Waals surface area contributed by atoms with Crippen molar-refractivity contribution >= 4 is 5.97 Å². The summed E-state index contributed by atoms with van der Waals surface area (Å²) in [7, 11) is 0. The smallest absolute Gasteiger partial charge is 0.417 e. The summed E-state index contributed by atoms with van der Waals surface area (Å²) >= 11 is 0. The van der Waals surface area contributed by atoms with Crippen molar-refractivity contribution < 1.29 is 27.8 Å².